The lowest BCUT2D eigenvalue weighted by molar-refractivity contribution is -0.134. The monoisotopic (exact) mass is 456 g/mol. The summed E-state index contributed by atoms with van der Waals surface area (Å²) in [6.45, 7) is 4.75. The summed E-state index contributed by atoms with van der Waals surface area (Å²) in [6, 6.07) is 6.99. The summed E-state index contributed by atoms with van der Waals surface area (Å²) in [5.41, 5.74) is 0.488. The molecule has 0 amide bonds. The lowest BCUT2D eigenvalue weighted by Crippen LogP contribution is -2.22. The number of carbonyl (C=O) groups excluding carboxylic acids is 5. The Balaban J connectivity index is 2.02. The second-order valence-corrected chi connectivity index (χ2v) is 7.11. The Bertz CT molecular complexity index is 1160. The molecule has 0 saturated heterocycles. The Morgan fingerprint density at radius 3 is 1.94 bits per heavy atom. The molecular weight excluding hydrogens is 436 g/mol. The van der Waals surface area contributed by atoms with E-state index in [9.17, 15) is 24.0 Å². The van der Waals surface area contributed by atoms with Crippen molar-refractivity contribution < 1.29 is 47.7 Å². The van der Waals surface area contributed by atoms with E-state index in [1.165, 1.54) is 52.0 Å². The number of hydrogen-bond donors (Lipinski definition) is 0. The van der Waals surface area contributed by atoms with Gasteiger partial charge in [-0.3, -0.25) is 24.0 Å². The molecule has 10 heteroatoms. The minimum Gasteiger partial charge on any atom is -0.484 e. The van der Waals surface area contributed by atoms with Gasteiger partial charge in [0.1, 0.15) is 28.9 Å². The lowest BCUT2D eigenvalue weighted by Gasteiger charge is -2.27. The van der Waals surface area contributed by atoms with Gasteiger partial charge in [-0.05, 0) is 17.7 Å². The van der Waals surface area contributed by atoms with E-state index in [2.05, 4.69) is 0 Å². The lowest BCUT2D eigenvalue weighted by atomic mass is 9.95. The number of Topliss-reactive ketones (excluding diaryl/α,β-unsaturated/α-hetero) is 1. The molecule has 3 rings (SSSR count). The highest BCUT2D eigenvalue weighted by Crippen LogP contribution is 2.43. The van der Waals surface area contributed by atoms with Gasteiger partial charge in [0, 0.05) is 39.8 Å². The largest absolute Gasteiger partial charge is 0.484 e. The normalized spacial score (nSPS) is 14.4. The highest BCUT2D eigenvalue weighted by molar-refractivity contribution is 6.03. The maximum atomic E-state index is 12.9. The second-order valence-electron chi connectivity index (χ2n) is 7.11. The fourth-order valence-electron chi connectivity index (χ4n) is 3.24. The Kier molecular flexibility index (Phi) is 6.76. The van der Waals surface area contributed by atoms with Gasteiger partial charge in [0.2, 0.25) is 0 Å². The van der Waals surface area contributed by atoms with Crippen molar-refractivity contribution in [2.45, 2.75) is 40.2 Å². The molecule has 1 atom stereocenters. The first-order valence-electron chi connectivity index (χ1n) is 9.79. The van der Waals surface area contributed by atoms with Crippen LogP contribution in [0.1, 0.15) is 56.1 Å². The average molecular weight is 456 g/mol. The van der Waals surface area contributed by atoms with Crippen molar-refractivity contribution >= 4 is 29.7 Å². The summed E-state index contributed by atoms with van der Waals surface area (Å²) in [6.07, 6.45) is -0.941. The number of ether oxygens (including phenoxy) is 5. The second kappa shape index (κ2) is 9.51. The summed E-state index contributed by atoms with van der Waals surface area (Å²) >= 11 is 0. The Morgan fingerprint density at radius 1 is 0.758 bits per heavy atom. The number of carbonyl (C=O) groups is 5. The first-order valence-corrected chi connectivity index (χ1v) is 9.79. The zero-order valence-corrected chi connectivity index (χ0v) is 18.3. The Hall–Kier alpha value is -4.21. The Labute approximate surface area is 188 Å². The van der Waals surface area contributed by atoms with Crippen LogP contribution < -0.4 is 23.7 Å². The third kappa shape index (κ3) is 5.73. The SMILES string of the molecule is CC(=O)Oc1cc(OC(C)=O)c2c(c1)O[C@@H](c1ccc(OC(C)=O)c(OC(C)=O)c1)CC2=O. The highest BCUT2D eigenvalue weighted by atomic mass is 16.6. The molecule has 2 aromatic rings. The van der Waals surface area contributed by atoms with Gasteiger partial charge >= 0.3 is 23.9 Å². The zero-order valence-electron chi connectivity index (χ0n) is 18.3. The number of benzene rings is 2. The van der Waals surface area contributed by atoms with Crippen molar-refractivity contribution in [1.29, 1.82) is 0 Å². The van der Waals surface area contributed by atoms with E-state index in [1.807, 2.05) is 0 Å². The van der Waals surface area contributed by atoms with Gasteiger partial charge in [0.15, 0.2) is 17.3 Å². The number of ketones is 1. The molecule has 0 N–H and O–H groups in total. The molecule has 0 spiro atoms. The van der Waals surface area contributed by atoms with Gasteiger partial charge in [-0.1, -0.05) is 6.07 Å². The molecule has 10 nitrogen and oxygen atoms in total. The average Bonchev–Trinajstić information content (AvgIpc) is 2.67. The predicted molar refractivity (Wildman–Crippen MR) is 110 cm³/mol. The van der Waals surface area contributed by atoms with E-state index in [1.54, 1.807) is 6.07 Å². The van der Waals surface area contributed by atoms with Crippen LogP contribution in [0.4, 0.5) is 0 Å². The molecule has 0 aromatic heterocycles. The highest BCUT2D eigenvalue weighted by Gasteiger charge is 2.33. The fourth-order valence-corrected chi connectivity index (χ4v) is 3.24. The zero-order chi connectivity index (χ0) is 24.3. The first kappa shape index (κ1) is 23.5. The van der Waals surface area contributed by atoms with Crippen LogP contribution >= 0.6 is 0 Å². The van der Waals surface area contributed by atoms with E-state index in [0.717, 1.165) is 0 Å². The third-order valence-corrected chi connectivity index (χ3v) is 4.32. The minimum absolute atomic E-state index is 0.0219. The van der Waals surface area contributed by atoms with Gasteiger partial charge < -0.3 is 23.7 Å². The maximum Gasteiger partial charge on any atom is 0.308 e. The van der Waals surface area contributed by atoms with Crippen LogP contribution in [0, 0.1) is 0 Å². The van der Waals surface area contributed by atoms with Gasteiger partial charge in [-0.25, -0.2) is 0 Å². The summed E-state index contributed by atoms with van der Waals surface area (Å²) in [5.74, 6) is -2.93. The van der Waals surface area contributed by atoms with Crippen LogP contribution in [0.25, 0.3) is 0 Å². The quantitative estimate of drug-likeness (QED) is 0.488. The number of rotatable bonds is 5. The molecule has 0 saturated carbocycles. The topological polar surface area (TPSA) is 132 Å². The van der Waals surface area contributed by atoms with Crippen molar-refractivity contribution in [3.05, 3.63) is 41.5 Å². The van der Waals surface area contributed by atoms with Crippen LogP contribution in [0.2, 0.25) is 0 Å². The maximum absolute atomic E-state index is 12.9. The molecule has 0 unspecified atom stereocenters. The van der Waals surface area contributed by atoms with E-state index >= 15 is 0 Å². The van der Waals surface area contributed by atoms with Crippen LogP contribution in [-0.2, 0) is 19.2 Å². The van der Waals surface area contributed by atoms with Gasteiger partial charge in [0.25, 0.3) is 0 Å². The summed E-state index contributed by atoms with van der Waals surface area (Å²) < 4.78 is 26.3. The molecule has 1 heterocycles. The predicted octanol–water partition coefficient (Wildman–Crippen LogP) is 3.09. The van der Waals surface area contributed by atoms with Crippen molar-refractivity contribution in [2.24, 2.45) is 0 Å². The number of fused-ring (bicyclic) bond motifs is 1. The summed E-state index contributed by atoms with van der Waals surface area (Å²) in [5, 5.41) is 0. The summed E-state index contributed by atoms with van der Waals surface area (Å²) in [7, 11) is 0. The molecule has 0 fully saturated rings. The van der Waals surface area contributed by atoms with Crippen molar-refractivity contribution in [2.75, 3.05) is 0 Å². The Morgan fingerprint density at radius 2 is 1.33 bits per heavy atom. The van der Waals surface area contributed by atoms with Crippen LogP contribution in [0.5, 0.6) is 28.7 Å². The van der Waals surface area contributed by atoms with Crippen molar-refractivity contribution in [3.8, 4) is 28.7 Å². The number of hydrogen-bond acceptors (Lipinski definition) is 10. The van der Waals surface area contributed by atoms with Crippen molar-refractivity contribution in [1.82, 2.24) is 0 Å². The van der Waals surface area contributed by atoms with Crippen LogP contribution in [0.15, 0.2) is 30.3 Å². The number of esters is 4. The third-order valence-electron chi connectivity index (χ3n) is 4.32. The summed E-state index contributed by atoms with van der Waals surface area (Å²) in [4.78, 5) is 58.6. The molecule has 172 valence electrons. The molecule has 1 aliphatic heterocycles. The molecular formula is C23H20O10. The van der Waals surface area contributed by atoms with Gasteiger partial charge in [-0.2, -0.15) is 0 Å². The van der Waals surface area contributed by atoms with Gasteiger partial charge in [-0.15, -0.1) is 0 Å². The van der Waals surface area contributed by atoms with E-state index < -0.39 is 30.0 Å². The van der Waals surface area contributed by atoms with Gasteiger partial charge in [0.05, 0.1) is 6.42 Å². The standard InChI is InChI=1S/C23H20O10/c1-11(24)29-16-8-21(32-14(4)27)23-17(28)10-19(33-22(23)9-16)15-5-6-18(30-12(2)25)20(7-15)31-13(3)26/h5-9,19H,10H2,1-4H3/t19-/m1/s1. The molecule has 1 aliphatic rings. The van der Waals surface area contributed by atoms with E-state index in [0.29, 0.717) is 5.56 Å². The molecule has 0 radical (unpaired) electrons. The van der Waals surface area contributed by atoms with E-state index in [4.69, 9.17) is 23.7 Å². The van der Waals surface area contributed by atoms with Crippen LogP contribution in [-0.4, -0.2) is 29.7 Å². The fraction of sp³-hybridized carbons (Fsp3) is 0.261. The minimum atomic E-state index is -0.816. The molecule has 0 bridgehead atoms. The molecule has 0 aliphatic carbocycles. The van der Waals surface area contributed by atoms with Crippen LogP contribution in [0.3, 0.4) is 0 Å². The van der Waals surface area contributed by atoms with E-state index in [-0.39, 0.29) is 46.5 Å². The van der Waals surface area contributed by atoms with Crippen molar-refractivity contribution in [3.63, 3.8) is 0 Å². The smallest absolute Gasteiger partial charge is 0.308 e. The molecule has 33 heavy (non-hydrogen) atoms. The first-order chi connectivity index (χ1) is 15.5. The molecule has 2 aromatic carbocycles.